The largest absolute Gasteiger partial charge is 0.508 e. The fourth-order valence-electron chi connectivity index (χ4n) is 1.64. The third-order valence-corrected chi connectivity index (χ3v) is 2.65. The Bertz CT molecular complexity index is 683. The summed E-state index contributed by atoms with van der Waals surface area (Å²) >= 11 is 0. The zero-order chi connectivity index (χ0) is 15.6. The van der Waals surface area contributed by atoms with E-state index in [9.17, 15) is 22.4 Å². The number of hydrogen-bond donors (Lipinski definition) is 2. The van der Waals surface area contributed by atoms with E-state index in [0.717, 1.165) is 30.3 Å². The smallest absolute Gasteiger partial charge is 0.416 e. The molecule has 0 unspecified atom stereocenters. The van der Waals surface area contributed by atoms with E-state index in [2.05, 4.69) is 5.32 Å². The Labute approximate surface area is 116 Å². The molecule has 0 radical (unpaired) electrons. The average molecular weight is 299 g/mol. The Hall–Kier alpha value is -2.57. The van der Waals surface area contributed by atoms with Crippen LogP contribution in [0.1, 0.15) is 15.9 Å². The zero-order valence-corrected chi connectivity index (χ0v) is 10.4. The number of halogens is 4. The van der Waals surface area contributed by atoms with Gasteiger partial charge in [0.25, 0.3) is 5.91 Å². The lowest BCUT2D eigenvalue weighted by atomic mass is 10.1. The molecule has 0 aliphatic heterocycles. The number of alkyl halides is 3. The van der Waals surface area contributed by atoms with Crippen LogP contribution in [0.2, 0.25) is 0 Å². The van der Waals surface area contributed by atoms with Crippen molar-refractivity contribution in [2.75, 3.05) is 5.32 Å². The van der Waals surface area contributed by atoms with Crippen molar-refractivity contribution < 1.29 is 27.5 Å². The molecule has 7 heteroatoms. The summed E-state index contributed by atoms with van der Waals surface area (Å²) in [7, 11) is 0. The van der Waals surface area contributed by atoms with Gasteiger partial charge < -0.3 is 10.4 Å². The first kappa shape index (κ1) is 14.8. The maximum Gasteiger partial charge on any atom is 0.416 e. The zero-order valence-electron chi connectivity index (χ0n) is 10.4. The number of carbonyl (C=O) groups excluding carboxylic acids is 1. The van der Waals surface area contributed by atoms with Crippen molar-refractivity contribution in [2.45, 2.75) is 6.18 Å². The molecule has 0 aromatic heterocycles. The molecule has 110 valence electrons. The minimum absolute atomic E-state index is 0.241. The van der Waals surface area contributed by atoms with Gasteiger partial charge in [0.15, 0.2) is 0 Å². The average Bonchev–Trinajstić information content (AvgIpc) is 2.41. The maximum absolute atomic E-state index is 13.4. The summed E-state index contributed by atoms with van der Waals surface area (Å²) in [4.78, 5) is 11.8. The molecule has 0 fully saturated rings. The second-order valence-electron chi connectivity index (χ2n) is 4.20. The quantitative estimate of drug-likeness (QED) is 0.654. The molecule has 2 rings (SSSR count). The Morgan fingerprint density at radius 1 is 1.10 bits per heavy atom. The molecule has 2 N–H and O–H groups in total. The van der Waals surface area contributed by atoms with E-state index >= 15 is 0 Å². The third-order valence-electron chi connectivity index (χ3n) is 2.65. The molecule has 2 aromatic rings. The van der Waals surface area contributed by atoms with E-state index in [0.29, 0.717) is 6.07 Å². The van der Waals surface area contributed by atoms with Gasteiger partial charge in [-0.3, -0.25) is 4.79 Å². The molecule has 0 spiro atoms. The number of benzene rings is 2. The van der Waals surface area contributed by atoms with Crippen LogP contribution in [0.4, 0.5) is 23.2 Å². The third kappa shape index (κ3) is 3.50. The van der Waals surface area contributed by atoms with Gasteiger partial charge in [0.05, 0.1) is 11.3 Å². The Balaban J connectivity index is 2.25. The number of amides is 1. The van der Waals surface area contributed by atoms with Crippen molar-refractivity contribution in [3.05, 3.63) is 59.4 Å². The minimum Gasteiger partial charge on any atom is -0.508 e. The van der Waals surface area contributed by atoms with E-state index in [1.165, 1.54) is 6.07 Å². The van der Waals surface area contributed by atoms with Crippen LogP contribution in [0.15, 0.2) is 42.5 Å². The van der Waals surface area contributed by atoms with Crippen molar-refractivity contribution in [1.29, 1.82) is 0 Å². The summed E-state index contributed by atoms with van der Waals surface area (Å²) in [5, 5.41) is 11.2. The molecular formula is C14H9F4NO2. The second-order valence-corrected chi connectivity index (χ2v) is 4.20. The van der Waals surface area contributed by atoms with Crippen LogP contribution in [0, 0.1) is 5.82 Å². The lowest BCUT2D eigenvalue weighted by molar-refractivity contribution is -0.137. The van der Waals surface area contributed by atoms with Crippen LogP contribution < -0.4 is 5.32 Å². The van der Waals surface area contributed by atoms with Gasteiger partial charge in [-0.25, -0.2) is 4.39 Å². The van der Waals surface area contributed by atoms with Crippen LogP contribution >= 0.6 is 0 Å². The molecule has 3 nitrogen and oxygen atoms in total. The number of carbonyl (C=O) groups is 1. The van der Waals surface area contributed by atoms with Crippen LogP contribution in [-0.2, 0) is 6.18 Å². The van der Waals surface area contributed by atoms with Gasteiger partial charge in [-0.1, -0.05) is 6.07 Å². The SMILES string of the molecule is O=C(Nc1ccc(O)cc1F)c1cccc(C(F)(F)F)c1. The summed E-state index contributed by atoms with van der Waals surface area (Å²) in [6.45, 7) is 0. The van der Waals surface area contributed by atoms with E-state index < -0.39 is 23.5 Å². The monoisotopic (exact) mass is 299 g/mol. The van der Waals surface area contributed by atoms with Gasteiger partial charge in [0.1, 0.15) is 11.6 Å². The Morgan fingerprint density at radius 3 is 2.43 bits per heavy atom. The number of hydrogen-bond acceptors (Lipinski definition) is 2. The molecule has 21 heavy (non-hydrogen) atoms. The van der Waals surface area contributed by atoms with E-state index in [-0.39, 0.29) is 17.0 Å². The predicted molar refractivity (Wildman–Crippen MR) is 67.5 cm³/mol. The van der Waals surface area contributed by atoms with Crippen LogP contribution in [0.5, 0.6) is 5.75 Å². The summed E-state index contributed by atoms with van der Waals surface area (Å²) in [6.07, 6.45) is -4.57. The number of anilines is 1. The number of phenolic OH excluding ortho intramolecular Hbond substituents is 1. The number of nitrogens with one attached hydrogen (secondary N) is 1. The fraction of sp³-hybridized carbons (Fsp3) is 0.0714. The first-order valence-corrected chi connectivity index (χ1v) is 5.74. The second kappa shape index (κ2) is 5.43. The molecular weight excluding hydrogens is 290 g/mol. The fourth-order valence-corrected chi connectivity index (χ4v) is 1.64. The van der Waals surface area contributed by atoms with Crippen molar-refractivity contribution >= 4 is 11.6 Å². The van der Waals surface area contributed by atoms with Crippen LogP contribution in [-0.4, -0.2) is 11.0 Å². The minimum atomic E-state index is -4.57. The highest BCUT2D eigenvalue weighted by atomic mass is 19.4. The van der Waals surface area contributed by atoms with Gasteiger partial charge in [-0.15, -0.1) is 0 Å². The molecule has 0 aliphatic carbocycles. The molecule has 1 amide bonds. The van der Waals surface area contributed by atoms with Crippen LogP contribution in [0.25, 0.3) is 0 Å². The van der Waals surface area contributed by atoms with Gasteiger partial charge in [0, 0.05) is 11.6 Å². The first-order valence-electron chi connectivity index (χ1n) is 5.74. The van der Waals surface area contributed by atoms with Crippen LogP contribution in [0.3, 0.4) is 0 Å². The molecule has 0 saturated heterocycles. The highest BCUT2D eigenvalue weighted by Gasteiger charge is 2.30. The van der Waals surface area contributed by atoms with Gasteiger partial charge in [-0.2, -0.15) is 13.2 Å². The summed E-state index contributed by atoms with van der Waals surface area (Å²) in [5.41, 5.74) is -1.46. The number of aromatic hydroxyl groups is 1. The summed E-state index contributed by atoms with van der Waals surface area (Å²) < 4.78 is 51.1. The molecule has 0 atom stereocenters. The normalized spacial score (nSPS) is 11.2. The van der Waals surface area contributed by atoms with Gasteiger partial charge in [0.2, 0.25) is 0 Å². The lowest BCUT2D eigenvalue weighted by Gasteiger charge is -2.10. The standard InChI is InChI=1S/C14H9F4NO2/c15-11-7-10(20)4-5-12(11)19-13(21)8-2-1-3-9(6-8)14(16,17)18/h1-7,20H,(H,19,21). The van der Waals surface area contributed by atoms with Crippen molar-refractivity contribution in [3.8, 4) is 5.75 Å². The van der Waals surface area contributed by atoms with E-state index in [4.69, 9.17) is 5.11 Å². The molecule has 2 aromatic carbocycles. The molecule has 0 saturated carbocycles. The lowest BCUT2D eigenvalue weighted by Crippen LogP contribution is -2.14. The summed E-state index contributed by atoms with van der Waals surface area (Å²) in [6, 6.07) is 6.81. The molecule has 0 bridgehead atoms. The van der Waals surface area contributed by atoms with Crippen molar-refractivity contribution in [3.63, 3.8) is 0 Å². The van der Waals surface area contributed by atoms with E-state index in [1.54, 1.807) is 0 Å². The summed E-state index contributed by atoms with van der Waals surface area (Å²) in [5.74, 6) is -2.11. The number of rotatable bonds is 2. The predicted octanol–water partition coefficient (Wildman–Crippen LogP) is 3.80. The van der Waals surface area contributed by atoms with E-state index in [1.807, 2.05) is 0 Å². The molecule has 0 aliphatic rings. The highest BCUT2D eigenvalue weighted by molar-refractivity contribution is 6.04. The highest BCUT2D eigenvalue weighted by Crippen LogP contribution is 2.29. The van der Waals surface area contributed by atoms with Gasteiger partial charge >= 0.3 is 6.18 Å². The maximum atomic E-state index is 13.4. The first-order chi connectivity index (χ1) is 9.77. The number of phenols is 1. The molecule has 0 heterocycles. The topological polar surface area (TPSA) is 49.3 Å². The van der Waals surface area contributed by atoms with Gasteiger partial charge in [-0.05, 0) is 30.3 Å². The van der Waals surface area contributed by atoms with Crippen molar-refractivity contribution in [2.24, 2.45) is 0 Å². The van der Waals surface area contributed by atoms with Crippen molar-refractivity contribution in [1.82, 2.24) is 0 Å². The Morgan fingerprint density at radius 2 is 1.81 bits per heavy atom. The Kier molecular flexibility index (Phi) is 3.84.